The van der Waals surface area contributed by atoms with E-state index in [0.717, 1.165) is 40.3 Å². The van der Waals surface area contributed by atoms with Crippen molar-refractivity contribution in [1.29, 1.82) is 0 Å². The molecule has 0 bridgehead atoms. The number of nitrogens with zero attached hydrogens (tertiary/aromatic N) is 1. The molecule has 4 aromatic carbocycles. The molecule has 0 amide bonds. The van der Waals surface area contributed by atoms with Crippen molar-refractivity contribution in [2.45, 2.75) is 20.0 Å². The van der Waals surface area contributed by atoms with Crippen LogP contribution >= 0.6 is 0 Å². The molecular weight excluding hydrogens is 538 g/mol. The number of rotatable bonds is 13. The Morgan fingerprint density at radius 3 is 1.56 bits per heavy atom. The lowest BCUT2D eigenvalue weighted by Crippen LogP contribution is -2.30. The Kier molecular flexibility index (Phi) is 10.7. The predicted octanol–water partition coefficient (Wildman–Crippen LogP) is 8.15. The van der Waals surface area contributed by atoms with E-state index < -0.39 is 18.0 Å². The normalized spacial score (nSPS) is 11.4. The van der Waals surface area contributed by atoms with E-state index in [2.05, 4.69) is 111 Å². The number of esters is 2. The first-order valence-electron chi connectivity index (χ1n) is 13.9. The van der Waals surface area contributed by atoms with Crippen molar-refractivity contribution in [3.8, 4) is 5.75 Å². The third-order valence-electron chi connectivity index (χ3n) is 6.55. The molecule has 0 aliphatic rings. The molecule has 4 aromatic rings. The molecule has 218 valence electrons. The van der Waals surface area contributed by atoms with Gasteiger partial charge in [0.25, 0.3) is 0 Å². The van der Waals surface area contributed by atoms with Crippen molar-refractivity contribution in [2.24, 2.45) is 0 Å². The van der Waals surface area contributed by atoms with Crippen LogP contribution < -0.4 is 9.64 Å². The average Bonchev–Trinajstić information content (AvgIpc) is 3.04. The first kappa shape index (κ1) is 30.6. The van der Waals surface area contributed by atoms with Crippen LogP contribution in [0.4, 0.5) is 17.1 Å². The fraction of sp³-hybridized carbons (Fsp3) is 0.135. The number of carbonyl (C=O) groups excluding carboxylic acids is 2. The molecule has 0 fully saturated rings. The van der Waals surface area contributed by atoms with Crippen molar-refractivity contribution in [2.75, 3.05) is 18.1 Å². The zero-order valence-electron chi connectivity index (χ0n) is 24.4. The van der Waals surface area contributed by atoms with E-state index in [0.29, 0.717) is 5.75 Å². The van der Waals surface area contributed by atoms with Crippen LogP contribution in [-0.2, 0) is 19.1 Å². The van der Waals surface area contributed by atoms with Gasteiger partial charge in [-0.3, -0.25) is 0 Å². The highest BCUT2D eigenvalue weighted by Crippen LogP contribution is 2.35. The summed E-state index contributed by atoms with van der Waals surface area (Å²) in [5.41, 5.74) is 7.77. The summed E-state index contributed by atoms with van der Waals surface area (Å²) in [6, 6.07) is 33.0. The van der Waals surface area contributed by atoms with Crippen molar-refractivity contribution in [3.05, 3.63) is 145 Å². The van der Waals surface area contributed by atoms with Gasteiger partial charge in [0.2, 0.25) is 0 Å². The molecule has 0 aliphatic carbocycles. The molecular formula is C37H35NO5. The van der Waals surface area contributed by atoms with Gasteiger partial charge in [-0.2, -0.15) is 0 Å². The molecule has 0 spiro atoms. The van der Waals surface area contributed by atoms with E-state index in [9.17, 15) is 9.59 Å². The van der Waals surface area contributed by atoms with Gasteiger partial charge in [-0.05, 0) is 73.5 Å². The molecule has 43 heavy (non-hydrogen) atoms. The first-order chi connectivity index (χ1) is 20.8. The first-order valence-corrected chi connectivity index (χ1v) is 13.9. The number of aryl methyl sites for hydroxylation is 2. The van der Waals surface area contributed by atoms with Gasteiger partial charge >= 0.3 is 11.9 Å². The fourth-order valence-corrected chi connectivity index (χ4v) is 4.19. The van der Waals surface area contributed by atoms with Gasteiger partial charge in [-0.1, -0.05) is 85.0 Å². The maximum Gasteiger partial charge on any atom is 0.330 e. The maximum atomic E-state index is 11.6. The third kappa shape index (κ3) is 9.07. The van der Waals surface area contributed by atoms with E-state index in [-0.39, 0.29) is 13.2 Å². The van der Waals surface area contributed by atoms with Gasteiger partial charge in [0.05, 0.1) is 0 Å². The van der Waals surface area contributed by atoms with Crippen LogP contribution in [0, 0.1) is 13.8 Å². The quantitative estimate of drug-likeness (QED) is 0.0914. The molecule has 6 heteroatoms. The smallest absolute Gasteiger partial charge is 0.330 e. The van der Waals surface area contributed by atoms with E-state index in [4.69, 9.17) is 14.2 Å². The van der Waals surface area contributed by atoms with E-state index in [1.165, 1.54) is 11.1 Å². The SMILES string of the molecule is C=CC(=O)OCC(COc1ccc(C=Cc2ccc(N(c3ccc(C)cc3)c3ccc(C)cc3)cc2)cc1)OC(=O)C=C. The Morgan fingerprint density at radius 2 is 1.09 bits per heavy atom. The molecule has 0 heterocycles. The lowest BCUT2D eigenvalue weighted by atomic mass is 10.1. The van der Waals surface area contributed by atoms with Crippen LogP contribution in [-0.4, -0.2) is 31.3 Å². The summed E-state index contributed by atoms with van der Waals surface area (Å²) >= 11 is 0. The second-order valence-electron chi connectivity index (χ2n) is 9.91. The van der Waals surface area contributed by atoms with Crippen LogP contribution in [0.5, 0.6) is 5.75 Å². The molecule has 1 unspecified atom stereocenters. The van der Waals surface area contributed by atoms with Gasteiger partial charge < -0.3 is 19.1 Å². The van der Waals surface area contributed by atoms with Crippen molar-refractivity contribution in [1.82, 2.24) is 0 Å². The predicted molar refractivity (Wildman–Crippen MR) is 173 cm³/mol. The number of carbonyl (C=O) groups is 2. The number of ether oxygens (including phenoxy) is 3. The van der Waals surface area contributed by atoms with Gasteiger partial charge in [-0.15, -0.1) is 0 Å². The highest BCUT2D eigenvalue weighted by Gasteiger charge is 2.16. The van der Waals surface area contributed by atoms with Gasteiger partial charge in [0.1, 0.15) is 19.0 Å². The van der Waals surface area contributed by atoms with Crippen LogP contribution in [0.25, 0.3) is 12.2 Å². The molecule has 4 rings (SSSR count). The molecule has 0 aromatic heterocycles. The van der Waals surface area contributed by atoms with Crippen LogP contribution in [0.3, 0.4) is 0 Å². The fourth-order valence-electron chi connectivity index (χ4n) is 4.19. The van der Waals surface area contributed by atoms with Crippen molar-refractivity contribution < 1.29 is 23.8 Å². The maximum absolute atomic E-state index is 11.6. The molecule has 0 N–H and O–H groups in total. The molecule has 0 saturated heterocycles. The standard InChI is InChI=1S/C37H35NO5/c1-5-36(39)42-26-35(43-37(40)6-2)25-41-34-23-15-30(16-24-34)12-11-29-13-21-33(22-14-29)38(31-17-7-27(3)8-18-31)32-19-9-28(4)10-20-32/h5-24,35H,1-2,25-26H2,3-4H3. The Morgan fingerprint density at radius 1 is 0.651 bits per heavy atom. The monoisotopic (exact) mass is 573 g/mol. The topological polar surface area (TPSA) is 65.1 Å². The Hall–Kier alpha value is -5.36. The highest BCUT2D eigenvalue weighted by atomic mass is 16.6. The zero-order valence-corrected chi connectivity index (χ0v) is 24.4. The van der Waals surface area contributed by atoms with Gasteiger partial charge in [0, 0.05) is 29.2 Å². The molecule has 0 radical (unpaired) electrons. The average molecular weight is 574 g/mol. The molecule has 0 aliphatic heterocycles. The lowest BCUT2D eigenvalue weighted by Gasteiger charge is -2.25. The molecule has 1 atom stereocenters. The number of anilines is 3. The minimum Gasteiger partial charge on any atom is -0.490 e. The molecule has 6 nitrogen and oxygen atoms in total. The third-order valence-corrected chi connectivity index (χ3v) is 6.55. The minimum atomic E-state index is -0.787. The Labute approximate surface area is 253 Å². The van der Waals surface area contributed by atoms with Gasteiger partial charge in [0.15, 0.2) is 6.10 Å². The summed E-state index contributed by atoms with van der Waals surface area (Å²) in [5, 5.41) is 0. The van der Waals surface area contributed by atoms with Crippen LogP contribution in [0.1, 0.15) is 22.3 Å². The minimum absolute atomic E-state index is 0.00767. The number of hydrogen-bond acceptors (Lipinski definition) is 6. The number of hydrogen-bond donors (Lipinski definition) is 0. The Balaban J connectivity index is 1.41. The largest absolute Gasteiger partial charge is 0.490 e. The second kappa shape index (κ2) is 15.0. The Bertz CT molecular complexity index is 1510. The van der Waals surface area contributed by atoms with E-state index in [1.807, 2.05) is 30.3 Å². The van der Waals surface area contributed by atoms with Crippen LogP contribution in [0.15, 0.2) is 122 Å². The van der Waals surface area contributed by atoms with E-state index >= 15 is 0 Å². The van der Waals surface area contributed by atoms with Crippen molar-refractivity contribution >= 4 is 41.2 Å². The summed E-state index contributed by atoms with van der Waals surface area (Å²) in [6.45, 7) is 10.8. The summed E-state index contributed by atoms with van der Waals surface area (Å²) in [6.07, 6.45) is 5.38. The molecule has 0 saturated carbocycles. The summed E-state index contributed by atoms with van der Waals surface area (Å²) in [5.74, 6) is -0.654. The highest BCUT2D eigenvalue weighted by molar-refractivity contribution is 5.82. The lowest BCUT2D eigenvalue weighted by molar-refractivity contribution is -0.154. The second-order valence-corrected chi connectivity index (χ2v) is 9.91. The van der Waals surface area contributed by atoms with Crippen LogP contribution in [0.2, 0.25) is 0 Å². The van der Waals surface area contributed by atoms with Crippen molar-refractivity contribution in [3.63, 3.8) is 0 Å². The zero-order chi connectivity index (χ0) is 30.6. The summed E-state index contributed by atoms with van der Waals surface area (Å²) < 4.78 is 16.0. The van der Waals surface area contributed by atoms with Gasteiger partial charge in [-0.25, -0.2) is 9.59 Å². The number of benzene rings is 4. The van der Waals surface area contributed by atoms with E-state index in [1.54, 1.807) is 0 Å². The summed E-state index contributed by atoms with van der Waals surface area (Å²) in [7, 11) is 0. The summed E-state index contributed by atoms with van der Waals surface area (Å²) in [4.78, 5) is 25.2.